The SMILES string of the molecule is CN(Cc1nc2ccccc2s1)C(=O)C1C=CCN1. The van der Waals surface area contributed by atoms with Crippen LogP contribution in [0.4, 0.5) is 0 Å². The fraction of sp³-hybridized carbons (Fsp3) is 0.286. The molecule has 3 rings (SSSR count). The van der Waals surface area contributed by atoms with Crippen molar-refractivity contribution in [3.63, 3.8) is 0 Å². The Morgan fingerprint density at radius 2 is 2.37 bits per heavy atom. The lowest BCUT2D eigenvalue weighted by Gasteiger charge is -2.19. The minimum atomic E-state index is -0.181. The standard InChI is InChI=1S/C14H15N3OS/c1-17(14(18)11-6-4-8-15-11)9-13-16-10-5-2-3-7-12(10)19-13/h2-7,11,15H,8-9H2,1H3. The molecule has 2 heterocycles. The van der Waals surface area contributed by atoms with Gasteiger partial charge in [-0.15, -0.1) is 11.3 Å². The highest BCUT2D eigenvalue weighted by molar-refractivity contribution is 7.18. The average molecular weight is 273 g/mol. The Hall–Kier alpha value is -1.72. The third kappa shape index (κ3) is 2.52. The molecule has 1 aliphatic heterocycles. The van der Waals surface area contributed by atoms with Gasteiger partial charge in [-0.2, -0.15) is 0 Å². The van der Waals surface area contributed by atoms with Crippen molar-refractivity contribution in [2.24, 2.45) is 0 Å². The molecule has 0 fully saturated rings. The molecule has 98 valence electrons. The highest BCUT2D eigenvalue weighted by Gasteiger charge is 2.21. The minimum Gasteiger partial charge on any atom is -0.337 e. The molecule has 0 aliphatic carbocycles. The molecule has 0 radical (unpaired) electrons. The molecular formula is C14H15N3OS. The van der Waals surface area contributed by atoms with E-state index in [4.69, 9.17) is 0 Å². The number of rotatable bonds is 3. The van der Waals surface area contributed by atoms with E-state index in [0.717, 1.165) is 21.8 Å². The van der Waals surface area contributed by atoms with E-state index < -0.39 is 0 Å². The van der Waals surface area contributed by atoms with Crippen molar-refractivity contribution in [3.8, 4) is 0 Å². The van der Waals surface area contributed by atoms with Crippen molar-refractivity contribution in [3.05, 3.63) is 41.4 Å². The van der Waals surface area contributed by atoms with Crippen LogP contribution >= 0.6 is 11.3 Å². The second-order valence-electron chi connectivity index (χ2n) is 4.58. The first-order chi connectivity index (χ1) is 9.24. The third-order valence-corrected chi connectivity index (χ3v) is 4.16. The summed E-state index contributed by atoms with van der Waals surface area (Å²) in [6, 6.07) is 7.86. The number of nitrogens with one attached hydrogen (secondary N) is 1. The van der Waals surface area contributed by atoms with Crippen LogP contribution in [0.15, 0.2) is 36.4 Å². The van der Waals surface area contributed by atoms with Gasteiger partial charge in [-0.3, -0.25) is 10.1 Å². The first-order valence-electron chi connectivity index (χ1n) is 6.23. The Morgan fingerprint density at radius 3 is 3.11 bits per heavy atom. The van der Waals surface area contributed by atoms with E-state index in [1.54, 1.807) is 16.2 Å². The van der Waals surface area contributed by atoms with E-state index in [1.165, 1.54) is 0 Å². The van der Waals surface area contributed by atoms with Crippen LogP contribution in [-0.2, 0) is 11.3 Å². The summed E-state index contributed by atoms with van der Waals surface area (Å²) in [4.78, 5) is 18.4. The van der Waals surface area contributed by atoms with E-state index in [0.29, 0.717) is 6.54 Å². The van der Waals surface area contributed by atoms with Crippen LogP contribution in [0.5, 0.6) is 0 Å². The smallest absolute Gasteiger partial charge is 0.243 e. The van der Waals surface area contributed by atoms with Gasteiger partial charge in [0.1, 0.15) is 11.0 Å². The Morgan fingerprint density at radius 1 is 1.53 bits per heavy atom. The lowest BCUT2D eigenvalue weighted by Crippen LogP contribution is -2.41. The molecule has 0 spiro atoms. The Balaban J connectivity index is 1.73. The molecule has 0 saturated heterocycles. The summed E-state index contributed by atoms with van der Waals surface area (Å²) in [5.74, 6) is 0.0907. The van der Waals surface area contributed by atoms with Crippen molar-refractivity contribution < 1.29 is 4.79 Å². The summed E-state index contributed by atoms with van der Waals surface area (Å²) in [5, 5.41) is 4.10. The summed E-state index contributed by atoms with van der Waals surface area (Å²) in [7, 11) is 1.82. The molecule has 0 bridgehead atoms. The average Bonchev–Trinajstić information content (AvgIpc) is 3.06. The molecule has 1 aromatic carbocycles. The number of para-hydroxylation sites is 1. The zero-order chi connectivity index (χ0) is 13.2. The number of hydrogen-bond acceptors (Lipinski definition) is 4. The number of amides is 1. The molecule has 0 saturated carbocycles. The van der Waals surface area contributed by atoms with Crippen molar-refractivity contribution in [2.75, 3.05) is 13.6 Å². The molecule has 19 heavy (non-hydrogen) atoms. The fourth-order valence-electron chi connectivity index (χ4n) is 2.14. The zero-order valence-electron chi connectivity index (χ0n) is 10.7. The zero-order valence-corrected chi connectivity index (χ0v) is 11.5. The summed E-state index contributed by atoms with van der Waals surface area (Å²) in [5.41, 5.74) is 1.00. The Labute approximate surface area is 115 Å². The van der Waals surface area contributed by atoms with Gasteiger partial charge >= 0.3 is 0 Å². The van der Waals surface area contributed by atoms with Crippen LogP contribution in [0.3, 0.4) is 0 Å². The molecule has 1 amide bonds. The predicted octanol–water partition coefficient (Wildman–Crippen LogP) is 1.78. The van der Waals surface area contributed by atoms with Gasteiger partial charge in [0.25, 0.3) is 0 Å². The summed E-state index contributed by atoms with van der Waals surface area (Å²) in [6.45, 7) is 1.33. The number of aromatic nitrogens is 1. The van der Waals surface area contributed by atoms with Crippen LogP contribution in [0.25, 0.3) is 10.2 Å². The number of hydrogen-bond donors (Lipinski definition) is 1. The molecule has 4 nitrogen and oxygen atoms in total. The lowest BCUT2D eigenvalue weighted by molar-refractivity contribution is -0.131. The Kier molecular flexibility index (Phi) is 3.31. The maximum Gasteiger partial charge on any atom is 0.243 e. The third-order valence-electron chi connectivity index (χ3n) is 3.14. The number of nitrogens with zero attached hydrogens (tertiary/aromatic N) is 2. The number of thiazole rings is 1. The van der Waals surface area contributed by atoms with E-state index in [-0.39, 0.29) is 11.9 Å². The van der Waals surface area contributed by atoms with E-state index in [1.807, 2.05) is 37.4 Å². The first-order valence-corrected chi connectivity index (χ1v) is 7.05. The van der Waals surface area contributed by atoms with Gasteiger partial charge in [-0.05, 0) is 12.1 Å². The number of carbonyl (C=O) groups excluding carboxylic acids is 1. The summed E-state index contributed by atoms with van der Waals surface area (Å²) in [6.07, 6.45) is 3.89. The molecule has 2 aromatic rings. The normalized spacial score (nSPS) is 18.1. The molecule has 1 N–H and O–H groups in total. The molecule has 1 atom stereocenters. The topological polar surface area (TPSA) is 45.2 Å². The number of fused-ring (bicyclic) bond motifs is 1. The van der Waals surface area contributed by atoms with E-state index >= 15 is 0 Å². The van der Waals surface area contributed by atoms with Gasteiger partial charge in [0.05, 0.1) is 16.8 Å². The number of carbonyl (C=O) groups is 1. The van der Waals surface area contributed by atoms with Gasteiger partial charge in [0.2, 0.25) is 5.91 Å². The van der Waals surface area contributed by atoms with Gasteiger partial charge in [-0.25, -0.2) is 4.98 Å². The monoisotopic (exact) mass is 273 g/mol. The lowest BCUT2D eigenvalue weighted by atomic mass is 10.3. The minimum absolute atomic E-state index is 0.0907. The van der Waals surface area contributed by atoms with Gasteiger partial charge in [0, 0.05) is 13.6 Å². The van der Waals surface area contributed by atoms with Crippen molar-refractivity contribution in [1.29, 1.82) is 0 Å². The molecule has 1 unspecified atom stereocenters. The van der Waals surface area contributed by atoms with Gasteiger partial charge in [0.15, 0.2) is 0 Å². The van der Waals surface area contributed by atoms with Gasteiger partial charge < -0.3 is 4.90 Å². The maximum absolute atomic E-state index is 12.2. The summed E-state index contributed by atoms with van der Waals surface area (Å²) < 4.78 is 1.16. The first kappa shape index (κ1) is 12.3. The van der Waals surface area contributed by atoms with Gasteiger partial charge in [-0.1, -0.05) is 24.3 Å². The van der Waals surface area contributed by atoms with Crippen molar-refractivity contribution in [1.82, 2.24) is 15.2 Å². The van der Waals surface area contributed by atoms with Crippen molar-refractivity contribution >= 4 is 27.5 Å². The molecule has 5 heteroatoms. The predicted molar refractivity (Wildman–Crippen MR) is 77.0 cm³/mol. The summed E-state index contributed by atoms with van der Waals surface area (Å²) >= 11 is 1.64. The number of benzene rings is 1. The molecule has 1 aliphatic rings. The van der Waals surface area contributed by atoms with Crippen LogP contribution in [0.2, 0.25) is 0 Å². The van der Waals surface area contributed by atoms with Crippen LogP contribution in [-0.4, -0.2) is 35.4 Å². The van der Waals surface area contributed by atoms with Crippen LogP contribution in [0.1, 0.15) is 5.01 Å². The molecule has 1 aromatic heterocycles. The highest BCUT2D eigenvalue weighted by atomic mass is 32.1. The molecular weight excluding hydrogens is 258 g/mol. The maximum atomic E-state index is 12.2. The highest BCUT2D eigenvalue weighted by Crippen LogP contribution is 2.22. The number of likely N-dealkylation sites (N-methyl/N-ethyl adjacent to an activating group) is 1. The van der Waals surface area contributed by atoms with E-state index in [2.05, 4.69) is 16.4 Å². The second-order valence-corrected chi connectivity index (χ2v) is 5.70. The second kappa shape index (κ2) is 5.11. The fourth-order valence-corrected chi connectivity index (χ4v) is 3.16. The Bertz CT molecular complexity index is 601. The van der Waals surface area contributed by atoms with Crippen LogP contribution < -0.4 is 5.32 Å². The largest absolute Gasteiger partial charge is 0.337 e. The van der Waals surface area contributed by atoms with Crippen molar-refractivity contribution in [2.45, 2.75) is 12.6 Å². The van der Waals surface area contributed by atoms with E-state index in [9.17, 15) is 4.79 Å². The van der Waals surface area contributed by atoms with Crippen LogP contribution in [0, 0.1) is 0 Å². The quantitative estimate of drug-likeness (QED) is 0.867.